The van der Waals surface area contributed by atoms with Crippen LogP contribution in [-0.4, -0.2) is 25.8 Å². The molecular formula is C13H17NO2. The van der Waals surface area contributed by atoms with E-state index in [4.69, 9.17) is 9.47 Å². The van der Waals surface area contributed by atoms with Gasteiger partial charge in [-0.2, -0.15) is 0 Å². The highest BCUT2D eigenvalue weighted by molar-refractivity contribution is 5.41. The Kier molecular flexibility index (Phi) is 2.70. The van der Waals surface area contributed by atoms with E-state index in [2.05, 4.69) is 11.4 Å². The fourth-order valence-electron chi connectivity index (χ4n) is 2.33. The predicted octanol–water partition coefficient (Wildman–Crippen LogP) is 1.75. The minimum atomic E-state index is 0.336. The number of benzene rings is 1. The number of fused-ring (bicyclic) bond motifs is 1. The molecule has 1 unspecified atom stereocenters. The summed E-state index contributed by atoms with van der Waals surface area (Å²) < 4.78 is 11.5. The summed E-state index contributed by atoms with van der Waals surface area (Å²) in [5.74, 6) is 2.01. The van der Waals surface area contributed by atoms with Gasteiger partial charge in [-0.05, 0) is 49.6 Å². The highest BCUT2D eigenvalue weighted by atomic mass is 16.5. The lowest BCUT2D eigenvalue weighted by Crippen LogP contribution is -2.19. The van der Waals surface area contributed by atoms with Crippen LogP contribution in [0.1, 0.15) is 18.4 Å². The first-order valence-corrected chi connectivity index (χ1v) is 6.05. The third-order valence-electron chi connectivity index (χ3n) is 3.20. The molecule has 1 atom stereocenters. The third kappa shape index (κ3) is 2.00. The zero-order chi connectivity index (χ0) is 10.8. The number of nitrogens with one attached hydrogen (secondary N) is 1. The second-order valence-electron chi connectivity index (χ2n) is 4.45. The molecule has 86 valence electrons. The van der Waals surface area contributed by atoms with E-state index in [1.54, 1.807) is 0 Å². The fraction of sp³-hybridized carbons (Fsp3) is 0.538. The largest absolute Gasteiger partial charge is 0.493 e. The second-order valence-corrected chi connectivity index (χ2v) is 4.45. The molecule has 0 aromatic heterocycles. The molecule has 0 bridgehead atoms. The van der Waals surface area contributed by atoms with Gasteiger partial charge in [-0.25, -0.2) is 0 Å². The predicted molar refractivity (Wildman–Crippen MR) is 62.2 cm³/mol. The van der Waals surface area contributed by atoms with Gasteiger partial charge in [0.1, 0.15) is 17.6 Å². The van der Waals surface area contributed by atoms with Gasteiger partial charge in [-0.15, -0.1) is 0 Å². The van der Waals surface area contributed by atoms with E-state index in [0.29, 0.717) is 6.10 Å². The van der Waals surface area contributed by atoms with E-state index in [0.717, 1.165) is 50.5 Å². The third-order valence-corrected chi connectivity index (χ3v) is 3.20. The molecular weight excluding hydrogens is 202 g/mol. The molecule has 1 N–H and O–H groups in total. The monoisotopic (exact) mass is 219 g/mol. The van der Waals surface area contributed by atoms with E-state index in [1.807, 2.05) is 12.1 Å². The van der Waals surface area contributed by atoms with Gasteiger partial charge in [0.25, 0.3) is 0 Å². The molecule has 3 nitrogen and oxygen atoms in total. The van der Waals surface area contributed by atoms with Crippen LogP contribution >= 0.6 is 0 Å². The van der Waals surface area contributed by atoms with Crippen LogP contribution in [0.5, 0.6) is 11.5 Å². The first-order valence-electron chi connectivity index (χ1n) is 6.05. The van der Waals surface area contributed by atoms with Crippen LogP contribution in [0.15, 0.2) is 18.2 Å². The van der Waals surface area contributed by atoms with Crippen molar-refractivity contribution in [3.05, 3.63) is 23.8 Å². The van der Waals surface area contributed by atoms with Crippen molar-refractivity contribution in [3.8, 4) is 11.5 Å². The SMILES string of the molecule is c1cc2c(cc1OC1CCNC1)CCCO2. The first-order chi connectivity index (χ1) is 7.92. The molecule has 0 aliphatic carbocycles. The highest BCUT2D eigenvalue weighted by Gasteiger charge is 2.17. The van der Waals surface area contributed by atoms with Gasteiger partial charge in [0.2, 0.25) is 0 Å². The van der Waals surface area contributed by atoms with Crippen LogP contribution in [0.3, 0.4) is 0 Å². The zero-order valence-electron chi connectivity index (χ0n) is 9.37. The Morgan fingerprint density at radius 3 is 3.25 bits per heavy atom. The van der Waals surface area contributed by atoms with Gasteiger partial charge in [-0.3, -0.25) is 0 Å². The number of ether oxygens (including phenoxy) is 2. The summed E-state index contributed by atoms with van der Waals surface area (Å²) in [6.07, 6.45) is 3.66. The lowest BCUT2D eigenvalue weighted by molar-refractivity contribution is 0.221. The summed E-state index contributed by atoms with van der Waals surface area (Å²) in [5, 5.41) is 3.31. The van der Waals surface area contributed by atoms with Gasteiger partial charge in [0.15, 0.2) is 0 Å². The van der Waals surface area contributed by atoms with Crippen molar-refractivity contribution in [3.63, 3.8) is 0 Å². The van der Waals surface area contributed by atoms with Crippen molar-refractivity contribution in [1.82, 2.24) is 5.32 Å². The van der Waals surface area contributed by atoms with Gasteiger partial charge in [-0.1, -0.05) is 0 Å². The Bertz CT molecular complexity index is 372. The van der Waals surface area contributed by atoms with Crippen LogP contribution < -0.4 is 14.8 Å². The van der Waals surface area contributed by atoms with Crippen molar-refractivity contribution >= 4 is 0 Å². The van der Waals surface area contributed by atoms with E-state index >= 15 is 0 Å². The molecule has 0 spiro atoms. The van der Waals surface area contributed by atoms with Crippen molar-refractivity contribution in [2.75, 3.05) is 19.7 Å². The Morgan fingerprint density at radius 2 is 2.38 bits per heavy atom. The summed E-state index contributed by atoms with van der Waals surface area (Å²) >= 11 is 0. The first kappa shape index (κ1) is 9.97. The normalized spacial score (nSPS) is 23.6. The average Bonchev–Trinajstić information content (AvgIpc) is 2.82. The smallest absolute Gasteiger partial charge is 0.122 e. The molecule has 0 radical (unpaired) electrons. The number of hydrogen-bond acceptors (Lipinski definition) is 3. The standard InChI is InChI=1S/C13H17NO2/c1-2-10-8-11(3-4-13(10)15-7-1)16-12-5-6-14-9-12/h3-4,8,12,14H,1-2,5-7,9H2. The molecule has 1 saturated heterocycles. The molecule has 1 aromatic rings. The molecule has 2 heterocycles. The van der Waals surface area contributed by atoms with E-state index < -0.39 is 0 Å². The second kappa shape index (κ2) is 4.34. The maximum atomic E-state index is 5.92. The molecule has 2 aliphatic rings. The summed E-state index contributed by atoms with van der Waals surface area (Å²) in [6.45, 7) is 2.88. The topological polar surface area (TPSA) is 30.5 Å². The van der Waals surface area contributed by atoms with E-state index in [-0.39, 0.29) is 0 Å². The molecule has 0 saturated carbocycles. The van der Waals surface area contributed by atoms with E-state index in [1.165, 1.54) is 5.56 Å². The lowest BCUT2D eigenvalue weighted by Gasteiger charge is -2.19. The molecule has 3 heteroatoms. The maximum absolute atomic E-state index is 5.92. The molecule has 16 heavy (non-hydrogen) atoms. The average molecular weight is 219 g/mol. The minimum absolute atomic E-state index is 0.336. The number of aryl methyl sites for hydroxylation is 1. The van der Waals surface area contributed by atoms with Crippen molar-refractivity contribution in [1.29, 1.82) is 0 Å². The quantitative estimate of drug-likeness (QED) is 0.822. The molecule has 1 fully saturated rings. The molecule has 2 aliphatic heterocycles. The van der Waals surface area contributed by atoms with Gasteiger partial charge in [0, 0.05) is 6.54 Å². The zero-order valence-corrected chi connectivity index (χ0v) is 9.37. The Hall–Kier alpha value is -1.22. The Labute approximate surface area is 95.8 Å². The minimum Gasteiger partial charge on any atom is -0.493 e. The summed E-state index contributed by atoms with van der Waals surface area (Å²) in [4.78, 5) is 0. The molecule has 3 rings (SSSR count). The van der Waals surface area contributed by atoms with Crippen LogP contribution in [0.2, 0.25) is 0 Å². The van der Waals surface area contributed by atoms with Gasteiger partial charge >= 0.3 is 0 Å². The van der Waals surface area contributed by atoms with Gasteiger partial charge in [0.05, 0.1) is 6.61 Å². The van der Waals surface area contributed by atoms with Crippen LogP contribution in [0.25, 0.3) is 0 Å². The van der Waals surface area contributed by atoms with Crippen molar-refractivity contribution in [2.24, 2.45) is 0 Å². The van der Waals surface area contributed by atoms with Gasteiger partial charge < -0.3 is 14.8 Å². The van der Waals surface area contributed by atoms with Crippen molar-refractivity contribution < 1.29 is 9.47 Å². The molecule has 0 amide bonds. The summed E-state index contributed by atoms with van der Waals surface area (Å²) in [5.41, 5.74) is 1.29. The van der Waals surface area contributed by atoms with Crippen LogP contribution in [-0.2, 0) is 6.42 Å². The van der Waals surface area contributed by atoms with Crippen molar-refractivity contribution in [2.45, 2.75) is 25.4 Å². The highest BCUT2D eigenvalue weighted by Crippen LogP contribution is 2.29. The number of rotatable bonds is 2. The summed E-state index contributed by atoms with van der Waals surface area (Å²) in [6, 6.07) is 6.18. The lowest BCUT2D eigenvalue weighted by atomic mass is 10.1. The van der Waals surface area contributed by atoms with Crippen LogP contribution in [0, 0.1) is 0 Å². The maximum Gasteiger partial charge on any atom is 0.122 e. The van der Waals surface area contributed by atoms with E-state index in [9.17, 15) is 0 Å². The summed E-state index contributed by atoms with van der Waals surface area (Å²) in [7, 11) is 0. The van der Waals surface area contributed by atoms with Crippen LogP contribution in [0.4, 0.5) is 0 Å². The number of hydrogen-bond donors (Lipinski definition) is 1. The Morgan fingerprint density at radius 1 is 1.38 bits per heavy atom. The Balaban J connectivity index is 1.74. The fourth-order valence-corrected chi connectivity index (χ4v) is 2.33. The molecule has 1 aromatic carbocycles.